The van der Waals surface area contributed by atoms with Crippen LogP contribution in [-0.4, -0.2) is 51.0 Å². The van der Waals surface area contributed by atoms with Gasteiger partial charge in [-0.2, -0.15) is 0 Å². The van der Waals surface area contributed by atoms with E-state index in [1.54, 1.807) is 6.92 Å². The molecule has 0 radical (unpaired) electrons. The molecule has 1 fully saturated rings. The zero-order valence-electron chi connectivity index (χ0n) is 14.8. The highest BCUT2D eigenvalue weighted by molar-refractivity contribution is 5.59. The summed E-state index contributed by atoms with van der Waals surface area (Å²) in [5.74, 6) is -0.712. The molecule has 1 unspecified atom stereocenters. The second-order valence-corrected chi connectivity index (χ2v) is 6.26. The first-order valence-electron chi connectivity index (χ1n) is 8.33. The van der Waals surface area contributed by atoms with Crippen LogP contribution in [-0.2, 0) is 9.47 Å². The van der Waals surface area contributed by atoms with E-state index in [4.69, 9.17) is 4.74 Å². The van der Waals surface area contributed by atoms with Gasteiger partial charge in [-0.15, -0.1) is 0 Å². The number of hydrogen-bond acceptors (Lipinski definition) is 7. The van der Waals surface area contributed by atoms with Gasteiger partial charge in [-0.05, 0) is 27.2 Å². The van der Waals surface area contributed by atoms with Crippen LogP contribution in [0.25, 0.3) is 0 Å². The molecule has 0 saturated heterocycles. The predicted molar refractivity (Wildman–Crippen MR) is 87.6 cm³/mol. The molecule has 1 aliphatic carbocycles. The third-order valence-corrected chi connectivity index (χ3v) is 4.52. The van der Waals surface area contributed by atoms with Gasteiger partial charge in [0.25, 0.3) is 5.56 Å². The summed E-state index contributed by atoms with van der Waals surface area (Å²) in [5.41, 5.74) is -1.43. The van der Waals surface area contributed by atoms with E-state index in [1.807, 2.05) is 0 Å². The Kier molecular flexibility index (Phi) is 6.19. The molecule has 1 aliphatic rings. The molecule has 1 aromatic rings. The van der Waals surface area contributed by atoms with Crippen molar-refractivity contribution in [2.75, 3.05) is 13.2 Å². The molecule has 5 atom stereocenters. The fourth-order valence-corrected chi connectivity index (χ4v) is 3.14. The summed E-state index contributed by atoms with van der Waals surface area (Å²) in [5, 5.41) is 19.1. The van der Waals surface area contributed by atoms with Crippen LogP contribution < -0.4 is 11.2 Å². The monoisotopic (exact) mass is 374 g/mol. The molecule has 1 aromatic heterocycles. The number of alkyl halides is 1. The van der Waals surface area contributed by atoms with Gasteiger partial charge in [0.1, 0.15) is 6.17 Å². The smallest absolute Gasteiger partial charge is 0.435 e. The molecule has 0 amide bonds. The Morgan fingerprint density at radius 1 is 1.46 bits per heavy atom. The molecule has 1 saturated carbocycles. The fourth-order valence-electron chi connectivity index (χ4n) is 3.14. The number of aryl methyl sites for hydroxylation is 1. The molecule has 9 nitrogen and oxygen atoms in total. The van der Waals surface area contributed by atoms with E-state index in [2.05, 4.69) is 4.74 Å². The molecule has 0 aromatic carbocycles. The van der Waals surface area contributed by atoms with E-state index in [0.717, 1.165) is 4.57 Å². The zero-order valence-corrected chi connectivity index (χ0v) is 14.8. The van der Waals surface area contributed by atoms with Gasteiger partial charge in [0.2, 0.25) is 0 Å². The fraction of sp³-hybridized carbons (Fsp3) is 0.688. The number of carbonyl (C=O) groups is 1. The van der Waals surface area contributed by atoms with E-state index >= 15 is 0 Å². The zero-order chi connectivity index (χ0) is 19.6. The maximum Gasteiger partial charge on any atom is 0.510 e. The second kappa shape index (κ2) is 8.00. The lowest BCUT2D eigenvalue weighted by Crippen LogP contribution is -2.45. The van der Waals surface area contributed by atoms with Crippen LogP contribution in [0.4, 0.5) is 9.18 Å². The maximum absolute atomic E-state index is 14.4. The number of aromatic nitrogens is 2. The Hall–Kier alpha value is -2.20. The molecule has 26 heavy (non-hydrogen) atoms. The van der Waals surface area contributed by atoms with E-state index in [-0.39, 0.29) is 18.6 Å². The summed E-state index contributed by atoms with van der Waals surface area (Å²) in [7, 11) is 0. The van der Waals surface area contributed by atoms with Gasteiger partial charge in [-0.25, -0.2) is 18.5 Å². The summed E-state index contributed by atoms with van der Waals surface area (Å²) in [4.78, 5) is 36.5. The van der Waals surface area contributed by atoms with Gasteiger partial charge in [0.15, 0.2) is 6.23 Å². The quantitative estimate of drug-likeness (QED) is 0.710. The van der Waals surface area contributed by atoms with Gasteiger partial charge < -0.3 is 19.7 Å². The Morgan fingerprint density at radius 3 is 2.65 bits per heavy atom. The van der Waals surface area contributed by atoms with Crippen molar-refractivity contribution in [2.45, 2.75) is 51.7 Å². The number of nitrogens with zero attached hydrogens (tertiary/aromatic N) is 2. The first-order chi connectivity index (χ1) is 12.2. The van der Waals surface area contributed by atoms with Crippen LogP contribution in [0.5, 0.6) is 0 Å². The third kappa shape index (κ3) is 3.65. The van der Waals surface area contributed by atoms with Crippen molar-refractivity contribution < 1.29 is 28.9 Å². The minimum absolute atomic E-state index is 0.0312. The van der Waals surface area contributed by atoms with Crippen LogP contribution in [0.2, 0.25) is 0 Å². The average molecular weight is 374 g/mol. The molecule has 2 N–H and O–H groups in total. The van der Waals surface area contributed by atoms with Gasteiger partial charge in [0, 0.05) is 24.3 Å². The number of rotatable bonds is 5. The highest BCUT2D eigenvalue weighted by atomic mass is 19.1. The van der Waals surface area contributed by atoms with Gasteiger partial charge in [-0.1, -0.05) is 0 Å². The molecule has 0 spiro atoms. The highest BCUT2D eigenvalue weighted by Crippen LogP contribution is 2.36. The second-order valence-electron chi connectivity index (χ2n) is 6.26. The van der Waals surface area contributed by atoms with Crippen molar-refractivity contribution in [3.05, 3.63) is 32.6 Å². The molecule has 2 rings (SSSR count). The normalized spacial score (nSPS) is 26.5. The van der Waals surface area contributed by atoms with Crippen molar-refractivity contribution in [3.63, 3.8) is 0 Å². The number of halogens is 1. The Morgan fingerprint density at radius 2 is 2.12 bits per heavy atom. The Balaban J connectivity index is 2.45. The Labute approximate surface area is 148 Å². The van der Waals surface area contributed by atoms with Crippen LogP contribution in [0.3, 0.4) is 0 Å². The van der Waals surface area contributed by atoms with E-state index in [9.17, 15) is 29.0 Å². The lowest BCUT2D eigenvalue weighted by molar-refractivity contribution is 0.00199. The van der Waals surface area contributed by atoms with Crippen molar-refractivity contribution in [2.24, 2.45) is 5.92 Å². The molecular weight excluding hydrogens is 351 g/mol. The summed E-state index contributed by atoms with van der Waals surface area (Å²) in [6.07, 6.45) is -4.26. The summed E-state index contributed by atoms with van der Waals surface area (Å²) < 4.78 is 25.7. The van der Waals surface area contributed by atoms with Crippen molar-refractivity contribution in [1.29, 1.82) is 0 Å². The van der Waals surface area contributed by atoms with Crippen molar-refractivity contribution in [3.8, 4) is 0 Å². The summed E-state index contributed by atoms with van der Waals surface area (Å²) in [6, 6.07) is -1.05. The number of hydrogen-bond donors (Lipinski definition) is 2. The average Bonchev–Trinajstić information content (AvgIpc) is 2.86. The first kappa shape index (κ1) is 20.1. The first-order valence-corrected chi connectivity index (χ1v) is 8.33. The predicted octanol–water partition coefficient (Wildman–Crippen LogP) is 0.262. The number of ether oxygens (including phenoxy) is 2. The summed E-state index contributed by atoms with van der Waals surface area (Å²) >= 11 is 0. The van der Waals surface area contributed by atoms with Gasteiger partial charge >= 0.3 is 11.8 Å². The van der Waals surface area contributed by atoms with Crippen LogP contribution in [0.1, 0.15) is 38.1 Å². The minimum Gasteiger partial charge on any atom is -0.435 e. The summed E-state index contributed by atoms with van der Waals surface area (Å²) in [6.45, 7) is 3.96. The van der Waals surface area contributed by atoms with E-state index in [0.29, 0.717) is 4.57 Å². The molecular formula is C16H23FN2O7. The highest BCUT2D eigenvalue weighted by Gasteiger charge is 2.44. The Bertz CT molecular complexity index is 775. The standard InChI is InChI=1S/C16H23FN2O7/c1-4-25-16(24)26-9(3)19-14(22)8(2)6-18(15(19)23)11-5-10(7-20)13(21)12(11)17/h6,9-13,20-21H,4-5,7H2,1-3H3/t9?,10-,11-,12-,13-/m0/s1. The molecule has 1 heterocycles. The lowest BCUT2D eigenvalue weighted by atomic mass is 10.1. The number of aliphatic hydroxyl groups is 2. The molecule has 0 bridgehead atoms. The topological polar surface area (TPSA) is 120 Å². The van der Waals surface area contributed by atoms with Gasteiger partial charge in [-0.3, -0.25) is 9.36 Å². The van der Waals surface area contributed by atoms with E-state index in [1.165, 1.54) is 20.0 Å². The van der Waals surface area contributed by atoms with Crippen LogP contribution in [0, 0.1) is 12.8 Å². The molecule has 146 valence electrons. The third-order valence-electron chi connectivity index (χ3n) is 4.52. The SMILES string of the molecule is CCOC(=O)OC(C)n1c(=O)c(C)cn([C@H]2C[C@@H](CO)[C@H](O)[C@H]2F)c1=O. The number of carbonyl (C=O) groups excluding carboxylic acids is 1. The van der Waals surface area contributed by atoms with Crippen molar-refractivity contribution in [1.82, 2.24) is 9.13 Å². The lowest BCUT2D eigenvalue weighted by Gasteiger charge is -2.21. The van der Waals surface area contributed by atoms with Crippen molar-refractivity contribution >= 4 is 6.16 Å². The van der Waals surface area contributed by atoms with E-state index < -0.39 is 54.5 Å². The molecule has 0 aliphatic heterocycles. The maximum atomic E-state index is 14.4. The van der Waals surface area contributed by atoms with Crippen LogP contribution >= 0.6 is 0 Å². The van der Waals surface area contributed by atoms with Crippen LogP contribution in [0.15, 0.2) is 15.8 Å². The molecule has 10 heteroatoms. The largest absolute Gasteiger partial charge is 0.510 e. The van der Waals surface area contributed by atoms with Gasteiger partial charge in [0.05, 0.1) is 18.8 Å². The minimum atomic E-state index is -1.78. The number of aliphatic hydroxyl groups excluding tert-OH is 2.